The number of aromatic amines is 2. The van der Waals surface area contributed by atoms with Crippen molar-refractivity contribution < 1.29 is 48.0 Å². The number of nitrogen functional groups attached to an aromatic ring is 1. The smallest absolute Gasteiger partial charge is 0.393 e. The molecule has 0 aromatic carbocycles. The molecule has 0 radical (unpaired) electrons. The van der Waals surface area contributed by atoms with Crippen LogP contribution in [0.25, 0.3) is 22.3 Å². The van der Waals surface area contributed by atoms with Crippen molar-refractivity contribution in [2.24, 2.45) is 0 Å². The van der Waals surface area contributed by atoms with Gasteiger partial charge in [0, 0.05) is 0 Å². The fraction of sp³-hybridized carbons (Fsp3) is 0.524. The van der Waals surface area contributed by atoms with Crippen LogP contribution in [0, 0.1) is 0 Å². The number of H-pyrrole nitrogens is 2. The van der Waals surface area contributed by atoms with Gasteiger partial charge in [-0.2, -0.15) is 4.98 Å². The summed E-state index contributed by atoms with van der Waals surface area (Å²) in [5.74, 6) is -0.219. The number of aliphatic hydroxyl groups is 3. The Morgan fingerprint density at radius 3 is 2.65 bits per heavy atom. The summed E-state index contributed by atoms with van der Waals surface area (Å²) >= 11 is 0. The average molecular weight is 625 g/mol. The fourth-order valence-corrected chi connectivity index (χ4v) is 6.40. The predicted molar refractivity (Wildman–Crippen MR) is 137 cm³/mol. The van der Waals surface area contributed by atoms with E-state index in [-0.39, 0.29) is 34.9 Å². The fourth-order valence-electron chi connectivity index (χ4n) is 5.48. The molecule has 22 heteroatoms. The third kappa shape index (κ3) is 4.24. The molecule has 0 spiro atoms. The van der Waals surface area contributed by atoms with Crippen LogP contribution in [0.5, 0.6) is 0 Å². The van der Waals surface area contributed by atoms with Crippen LogP contribution in [0.15, 0.2) is 28.6 Å². The minimum absolute atomic E-state index is 0.0202. The normalized spacial score (nSPS) is 33.5. The zero-order valence-electron chi connectivity index (χ0n) is 21.7. The van der Waals surface area contributed by atoms with Gasteiger partial charge in [0.2, 0.25) is 5.95 Å². The second-order valence-electron chi connectivity index (χ2n) is 10.3. The molecule has 0 bridgehead atoms. The number of hydrogen-bond acceptors (Lipinski definition) is 16. The molecule has 8 N–H and O–H groups in total. The highest BCUT2D eigenvalue weighted by molar-refractivity contribution is 7.47. The summed E-state index contributed by atoms with van der Waals surface area (Å²) in [5.41, 5.74) is 0.794. The predicted octanol–water partition coefficient (Wildman–Crippen LogP) is -3.60. The minimum atomic E-state index is -5.00. The summed E-state index contributed by atoms with van der Waals surface area (Å²) < 4.78 is 43.0. The highest BCUT2D eigenvalue weighted by Crippen LogP contribution is 2.54. The molecule has 8 atom stereocenters. The molecule has 0 aliphatic carbocycles. The van der Waals surface area contributed by atoms with Crippen molar-refractivity contribution in [3.05, 3.63) is 39.7 Å². The Morgan fingerprint density at radius 1 is 1.14 bits per heavy atom. The van der Waals surface area contributed by atoms with Crippen molar-refractivity contribution in [2.45, 2.75) is 42.0 Å². The van der Waals surface area contributed by atoms with E-state index in [2.05, 4.69) is 29.9 Å². The van der Waals surface area contributed by atoms with E-state index < -0.39 is 80.7 Å². The number of phosphoric ester groups is 1. The Hall–Kier alpha value is -3.63. The quantitative estimate of drug-likeness (QED) is 0.0930. The highest BCUT2D eigenvalue weighted by atomic mass is 31.2. The maximum atomic E-state index is 13.2. The molecule has 230 valence electrons. The SMILES string of the molecule is Nc1nc2c(ncn2[C@@H]2O[C@@]3(CO)CO[C@H]3[C@H]2OP(=O)(O)OC[C@H]2OC[C@](O)(n3cnc4c(=O)[nH]cnc43)[C@@H]2O)c(=O)[nH]1. The molecule has 3 saturated heterocycles. The average Bonchev–Trinajstić information content (AvgIpc) is 3.68. The molecule has 43 heavy (non-hydrogen) atoms. The standard InChI is InChI=1S/C21H24N9O12P/c22-19-27-15-10(17(34)28-19)25-6-29(15)18-11(13-20(2-31,41-18)3-39-13)42-43(36,37)40-1-8-12(32)21(35,4-38-8)30-7-26-9-14(30)23-5-24-16(9)33/h5-8,11-13,18,31-32,35H,1-4H2,(H,36,37)(H,23,24,33)(H3,22,27,28,34)/t8-,11-,12-,13+,18-,20+,21-/m1/s1. The van der Waals surface area contributed by atoms with Crippen molar-refractivity contribution >= 4 is 36.1 Å². The topological polar surface area (TPSA) is 297 Å². The molecule has 3 fully saturated rings. The number of imidazole rings is 2. The number of aliphatic hydroxyl groups excluding tert-OH is 2. The second-order valence-corrected chi connectivity index (χ2v) is 11.7. The van der Waals surface area contributed by atoms with E-state index in [0.29, 0.717) is 0 Å². The van der Waals surface area contributed by atoms with E-state index >= 15 is 0 Å². The number of ether oxygens (including phenoxy) is 3. The molecule has 21 nitrogen and oxygen atoms in total. The largest absolute Gasteiger partial charge is 0.472 e. The zero-order valence-corrected chi connectivity index (χ0v) is 22.6. The van der Waals surface area contributed by atoms with Crippen molar-refractivity contribution in [1.82, 2.24) is 39.0 Å². The number of rotatable bonds is 8. The van der Waals surface area contributed by atoms with Crippen LogP contribution in [0.4, 0.5) is 5.95 Å². The molecule has 0 saturated carbocycles. The number of nitrogens with zero attached hydrogens (tertiary/aromatic N) is 6. The summed E-state index contributed by atoms with van der Waals surface area (Å²) in [4.78, 5) is 55.6. The Bertz CT molecular complexity index is 1890. The third-order valence-electron chi connectivity index (χ3n) is 7.70. The molecule has 3 aliphatic heterocycles. The maximum absolute atomic E-state index is 13.2. The number of aromatic nitrogens is 8. The van der Waals surface area contributed by atoms with E-state index in [4.69, 9.17) is 29.0 Å². The van der Waals surface area contributed by atoms with Crippen molar-refractivity contribution in [1.29, 1.82) is 0 Å². The van der Waals surface area contributed by atoms with Gasteiger partial charge in [-0.3, -0.25) is 32.8 Å². The lowest BCUT2D eigenvalue weighted by molar-refractivity contribution is -0.245. The van der Waals surface area contributed by atoms with E-state index in [1.165, 1.54) is 10.9 Å². The number of hydrogen-bond donors (Lipinski definition) is 7. The van der Waals surface area contributed by atoms with Crippen LogP contribution in [0.2, 0.25) is 0 Å². The van der Waals surface area contributed by atoms with Crippen LogP contribution >= 0.6 is 7.82 Å². The lowest BCUT2D eigenvalue weighted by Crippen LogP contribution is -2.61. The van der Waals surface area contributed by atoms with Gasteiger partial charge < -0.3 is 45.1 Å². The summed E-state index contributed by atoms with van der Waals surface area (Å²) in [5, 5.41) is 32.1. The first-order valence-electron chi connectivity index (χ1n) is 12.7. The van der Waals surface area contributed by atoms with Crippen molar-refractivity contribution in [2.75, 3.05) is 32.2 Å². The van der Waals surface area contributed by atoms with Gasteiger partial charge in [0.15, 0.2) is 34.3 Å². The highest BCUT2D eigenvalue weighted by Gasteiger charge is 2.65. The van der Waals surface area contributed by atoms with Gasteiger partial charge in [-0.05, 0) is 0 Å². The first kappa shape index (κ1) is 28.2. The number of fused-ring (bicyclic) bond motifs is 3. The molecule has 4 aromatic heterocycles. The first-order valence-corrected chi connectivity index (χ1v) is 14.2. The van der Waals surface area contributed by atoms with Gasteiger partial charge in [-0.15, -0.1) is 0 Å². The van der Waals surface area contributed by atoms with Crippen LogP contribution in [-0.4, -0.2) is 116 Å². The van der Waals surface area contributed by atoms with E-state index in [9.17, 15) is 34.4 Å². The van der Waals surface area contributed by atoms with Crippen LogP contribution < -0.4 is 16.9 Å². The maximum Gasteiger partial charge on any atom is 0.472 e. The van der Waals surface area contributed by atoms with Gasteiger partial charge in [0.1, 0.15) is 30.0 Å². The molecule has 3 aliphatic rings. The summed E-state index contributed by atoms with van der Waals surface area (Å²) in [6.45, 7) is -1.82. The van der Waals surface area contributed by atoms with Gasteiger partial charge in [0.05, 0.1) is 45.4 Å². The van der Waals surface area contributed by atoms with E-state index in [1.54, 1.807) is 0 Å². The molecule has 7 heterocycles. The number of nitrogens with two attached hydrogens (primary N) is 1. The van der Waals surface area contributed by atoms with Gasteiger partial charge in [0.25, 0.3) is 11.1 Å². The summed E-state index contributed by atoms with van der Waals surface area (Å²) in [7, 11) is -5.00. The number of nitrogens with one attached hydrogen (secondary N) is 2. The zero-order chi connectivity index (χ0) is 30.3. The lowest BCUT2D eigenvalue weighted by atomic mass is 9.91. The van der Waals surface area contributed by atoms with Crippen LogP contribution in [0.1, 0.15) is 6.23 Å². The van der Waals surface area contributed by atoms with Gasteiger partial charge in [-0.1, -0.05) is 0 Å². The third-order valence-corrected chi connectivity index (χ3v) is 8.69. The molecule has 4 aromatic rings. The molecule has 0 amide bonds. The summed E-state index contributed by atoms with van der Waals surface area (Å²) in [6.07, 6.45) is -3.36. The minimum Gasteiger partial charge on any atom is -0.393 e. The Balaban J connectivity index is 1.10. The van der Waals surface area contributed by atoms with Crippen LogP contribution in [-0.2, 0) is 33.5 Å². The van der Waals surface area contributed by atoms with Gasteiger partial charge >= 0.3 is 7.82 Å². The first-order chi connectivity index (χ1) is 20.5. The Morgan fingerprint density at radius 2 is 1.91 bits per heavy atom. The number of phosphoric acid groups is 1. The number of anilines is 1. The van der Waals surface area contributed by atoms with Crippen molar-refractivity contribution in [3.8, 4) is 0 Å². The molecule has 7 rings (SSSR count). The van der Waals surface area contributed by atoms with Gasteiger partial charge in [-0.25, -0.2) is 19.5 Å². The van der Waals surface area contributed by atoms with E-state index in [0.717, 1.165) is 17.2 Å². The van der Waals surface area contributed by atoms with Crippen molar-refractivity contribution in [3.63, 3.8) is 0 Å². The van der Waals surface area contributed by atoms with Crippen LogP contribution in [0.3, 0.4) is 0 Å². The Kier molecular flexibility index (Phi) is 6.34. The van der Waals surface area contributed by atoms with E-state index in [1.807, 2.05) is 0 Å². The second kappa shape index (κ2) is 9.69. The Labute approximate surface area is 237 Å². The molecular weight excluding hydrogens is 601 g/mol. The molecular formula is C21H24N9O12P. The molecule has 1 unspecified atom stereocenters. The summed E-state index contributed by atoms with van der Waals surface area (Å²) in [6, 6.07) is 0. The monoisotopic (exact) mass is 625 g/mol. The lowest BCUT2D eigenvalue weighted by Gasteiger charge is -2.42.